The lowest BCUT2D eigenvalue weighted by molar-refractivity contribution is -0.00515. The van der Waals surface area contributed by atoms with Crippen molar-refractivity contribution in [1.82, 2.24) is 4.98 Å². The molecule has 2 rings (SSSR count). The number of rotatable bonds is 4. The van der Waals surface area contributed by atoms with Gasteiger partial charge in [-0.3, -0.25) is 4.98 Å². The van der Waals surface area contributed by atoms with E-state index in [-0.39, 0.29) is 12.8 Å². The summed E-state index contributed by atoms with van der Waals surface area (Å²) in [6.45, 7) is 2.35. The first-order valence-electron chi connectivity index (χ1n) is 6.15. The van der Waals surface area contributed by atoms with Crippen molar-refractivity contribution < 1.29 is 18.6 Å². The van der Waals surface area contributed by atoms with Crippen molar-refractivity contribution in [2.24, 2.45) is 5.92 Å². The number of hydrogen-bond acceptors (Lipinski definition) is 3. The largest absolute Gasteiger partial charge is 0.492 e. The molecule has 18 heavy (non-hydrogen) atoms. The van der Waals surface area contributed by atoms with Gasteiger partial charge in [-0.15, -0.1) is 0 Å². The van der Waals surface area contributed by atoms with Crippen LogP contribution in [0.15, 0.2) is 18.5 Å². The zero-order valence-electron chi connectivity index (χ0n) is 10.3. The average Bonchev–Trinajstić information content (AvgIpc) is 2.70. The Labute approximate surface area is 105 Å². The lowest BCUT2D eigenvalue weighted by Gasteiger charge is -2.18. The molecule has 1 aromatic rings. The molecule has 0 aliphatic heterocycles. The van der Waals surface area contributed by atoms with E-state index in [1.54, 1.807) is 12.3 Å². The van der Waals surface area contributed by atoms with Crippen molar-refractivity contribution in [3.05, 3.63) is 24.0 Å². The van der Waals surface area contributed by atoms with Crippen molar-refractivity contribution in [1.29, 1.82) is 0 Å². The summed E-state index contributed by atoms with van der Waals surface area (Å²) in [5.41, 5.74) is 0.545. The highest BCUT2D eigenvalue weighted by Crippen LogP contribution is 2.44. The molecule has 0 amide bonds. The van der Waals surface area contributed by atoms with Crippen LogP contribution in [0.5, 0.6) is 5.75 Å². The van der Waals surface area contributed by atoms with Gasteiger partial charge >= 0.3 is 0 Å². The zero-order chi connectivity index (χ0) is 13.2. The lowest BCUT2D eigenvalue weighted by Crippen LogP contribution is -2.14. The van der Waals surface area contributed by atoms with Gasteiger partial charge in [0, 0.05) is 24.6 Å². The fourth-order valence-corrected chi connectivity index (χ4v) is 2.37. The van der Waals surface area contributed by atoms with E-state index in [1.807, 2.05) is 6.92 Å². The number of halogens is 2. The Bertz CT molecular complexity index is 412. The van der Waals surface area contributed by atoms with E-state index in [9.17, 15) is 13.9 Å². The summed E-state index contributed by atoms with van der Waals surface area (Å²) in [5.74, 6) is -2.49. The first-order chi connectivity index (χ1) is 8.52. The monoisotopic (exact) mass is 257 g/mol. The molecule has 0 spiro atoms. The smallest absolute Gasteiger partial charge is 0.248 e. The Hall–Kier alpha value is -1.23. The van der Waals surface area contributed by atoms with E-state index in [0.717, 1.165) is 0 Å². The van der Waals surface area contributed by atoms with Crippen LogP contribution in [0.4, 0.5) is 8.78 Å². The van der Waals surface area contributed by atoms with Crippen LogP contribution in [-0.2, 0) is 0 Å². The maximum atomic E-state index is 13.1. The van der Waals surface area contributed by atoms with Gasteiger partial charge in [0.2, 0.25) is 5.92 Å². The zero-order valence-corrected chi connectivity index (χ0v) is 10.3. The Balaban J connectivity index is 2.09. The molecular formula is C13H17F2NO2. The average molecular weight is 257 g/mol. The fourth-order valence-electron chi connectivity index (χ4n) is 2.37. The summed E-state index contributed by atoms with van der Waals surface area (Å²) >= 11 is 0. The van der Waals surface area contributed by atoms with Gasteiger partial charge in [0.25, 0.3) is 0 Å². The van der Waals surface area contributed by atoms with Crippen LogP contribution in [0.3, 0.4) is 0 Å². The standard InChI is InChI=1S/C13H17F2NO2/c1-2-18-11-5-10(7-16-8-11)12(17)9-3-4-13(14,15)6-9/h5,7-9,12,17H,2-4,6H2,1H3. The summed E-state index contributed by atoms with van der Waals surface area (Å²) in [4.78, 5) is 3.96. The molecule has 5 heteroatoms. The minimum absolute atomic E-state index is 0.146. The van der Waals surface area contributed by atoms with Crippen molar-refractivity contribution in [2.45, 2.75) is 38.2 Å². The Morgan fingerprint density at radius 2 is 2.33 bits per heavy atom. The molecule has 1 N–H and O–H groups in total. The first-order valence-corrected chi connectivity index (χ1v) is 6.15. The second-order valence-electron chi connectivity index (χ2n) is 4.69. The maximum Gasteiger partial charge on any atom is 0.248 e. The highest BCUT2D eigenvalue weighted by Gasteiger charge is 2.42. The number of pyridine rings is 1. The van der Waals surface area contributed by atoms with E-state index in [2.05, 4.69) is 4.98 Å². The molecule has 1 aliphatic rings. The van der Waals surface area contributed by atoms with Gasteiger partial charge in [-0.05, 0) is 25.3 Å². The number of aliphatic hydroxyl groups is 1. The molecular weight excluding hydrogens is 240 g/mol. The summed E-state index contributed by atoms with van der Waals surface area (Å²) in [7, 11) is 0. The minimum atomic E-state index is -2.64. The summed E-state index contributed by atoms with van der Waals surface area (Å²) in [6, 6.07) is 1.66. The van der Waals surface area contributed by atoms with Crippen LogP contribution < -0.4 is 4.74 Å². The van der Waals surface area contributed by atoms with Crippen molar-refractivity contribution in [3.63, 3.8) is 0 Å². The summed E-state index contributed by atoms with van der Waals surface area (Å²) < 4.78 is 31.5. The van der Waals surface area contributed by atoms with E-state index in [1.165, 1.54) is 6.20 Å². The molecule has 3 nitrogen and oxygen atoms in total. The summed E-state index contributed by atoms with van der Waals surface area (Å²) in [6.07, 6.45) is 2.09. The van der Waals surface area contributed by atoms with Crippen LogP contribution in [0.2, 0.25) is 0 Å². The molecule has 0 saturated heterocycles. The highest BCUT2D eigenvalue weighted by atomic mass is 19.3. The third-order valence-corrected chi connectivity index (χ3v) is 3.28. The first kappa shape index (κ1) is 13.2. The highest BCUT2D eigenvalue weighted by molar-refractivity contribution is 5.25. The predicted octanol–water partition coefficient (Wildman–Crippen LogP) is 2.95. The van der Waals surface area contributed by atoms with Gasteiger partial charge < -0.3 is 9.84 Å². The third-order valence-electron chi connectivity index (χ3n) is 3.28. The van der Waals surface area contributed by atoms with E-state index >= 15 is 0 Å². The molecule has 1 fully saturated rings. The quantitative estimate of drug-likeness (QED) is 0.901. The minimum Gasteiger partial charge on any atom is -0.492 e. The maximum absolute atomic E-state index is 13.1. The van der Waals surface area contributed by atoms with E-state index in [4.69, 9.17) is 4.74 Å². The van der Waals surface area contributed by atoms with Gasteiger partial charge in [-0.2, -0.15) is 0 Å². The number of ether oxygens (including phenoxy) is 1. The van der Waals surface area contributed by atoms with Crippen molar-refractivity contribution in [3.8, 4) is 5.75 Å². The second kappa shape index (κ2) is 5.18. The molecule has 1 saturated carbocycles. The lowest BCUT2D eigenvalue weighted by atomic mass is 9.95. The topological polar surface area (TPSA) is 42.4 Å². The Morgan fingerprint density at radius 3 is 2.94 bits per heavy atom. The molecule has 100 valence electrons. The SMILES string of the molecule is CCOc1cncc(C(O)C2CCC(F)(F)C2)c1. The number of nitrogens with zero attached hydrogens (tertiary/aromatic N) is 1. The third kappa shape index (κ3) is 2.96. The van der Waals surface area contributed by atoms with Crippen LogP contribution in [0.25, 0.3) is 0 Å². The van der Waals surface area contributed by atoms with E-state index in [0.29, 0.717) is 24.3 Å². The molecule has 1 aliphatic carbocycles. The molecule has 2 unspecified atom stereocenters. The molecule has 1 aromatic heterocycles. The molecule has 0 radical (unpaired) electrons. The number of alkyl halides is 2. The molecule has 2 atom stereocenters. The normalized spacial score (nSPS) is 23.9. The number of aliphatic hydroxyl groups excluding tert-OH is 1. The van der Waals surface area contributed by atoms with Crippen molar-refractivity contribution >= 4 is 0 Å². The summed E-state index contributed by atoms with van der Waals surface area (Å²) in [5, 5.41) is 10.1. The Kier molecular flexibility index (Phi) is 3.80. The van der Waals surface area contributed by atoms with Gasteiger partial charge in [0.15, 0.2) is 0 Å². The van der Waals surface area contributed by atoms with Crippen LogP contribution >= 0.6 is 0 Å². The Morgan fingerprint density at radius 1 is 1.56 bits per heavy atom. The van der Waals surface area contributed by atoms with Gasteiger partial charge in [0.1, 0.15) is 5.75 Å². The van der Waals surface area contributed by atoms with Crippen molar-refractivity contribution in [2.75, 3.05) is 6.61 Å². The van der Waals surface area contributed by atoms with E-state index < -0.39 is 17.9 Å². The molecule has 0 aromatic carbocycles. The van der Waals surface area contributed by atoms with Gasteiger partial charge in [0.05, 0.1) is 18.9 Å². The van der Waals surface area contributed by atoms with Crippen LogP contribution in [-0.4, -0.2) is 22.6 Å². The number of aromatic nitrogens is 1. The van der Waals surface area contributed by atoms with Gasteiger partial charge in [-0.25, -0.2) is 8.78 Å². The number of hydrogen-bond donors (Lipinski definition) is 1. The molecule has 0 bridgehead atoms. The van der Waals surface area contributed by atoms with Crippen LogP contribution in [0.1, 0.15) is 37.9 Å². The van der Waals surface area contributed by atoms with Crippen LogP contribution in [0, 0.1) is 5.92 Å². The predicted molar refractivity (Wildman–Crippen MR) is 62.7 cm³/mol. The van der Waals surface area contributed by atoms with Gasteiger partial charge in [-0.1, -0.05) is 0 Å². The second-order valence-corrected chi connectivity index (χ2v) is 4.69. The fraction of sp³-hybridized carbons (Fsp3) is 0.615. The molecule has 1 heterocycles.